The first kappa shape index (κ1) is 6.13. The van der Waals surface area contributed by atoms with Gasteiger partial charge in [-0.3, -0.25) is 0 Å². The van der Waals surface area contributed by atoms with Crippen molar-refractivity contribution in [2.24, 2.45) is 0 Å². The smallest absolute Gasteiger partial charge is 0.407 e. The van der Waals surface area contributed by atoms with Gasteiger partial charge in [-0.1, -0.05) is 6.07 Å². The predicted molar refractivity (Wildman–Crippen MR) is 59.7 cm³/mol. The molecule has 1 atom stereocenters. The molecule has 4 nitrogen and oxygen atoms in total. The summed E-state index contributed by atoms with van der Waals surface area (Å²) in [5.41, 5.74) is 1.65. The lowest BCUT2D eigenvalue weighted by Gasteiger charge is -2.11. The van der Waals surface area contributed by atoms with Gasteiger partial charge in [-0.25, -0.2) is 4.79 Å². The maximum absolute atomic E-state index is 11.2. The van der Waals surface area contributed by atoms with Crippen LogP contribution in [0, 0.1) is 13.8 Å². The third-order valence-corrected chi connectivity index (χ3v) is 1.93. The molecule has 1 aliphatic heterocycles. The Labute approximate surface area is 102 Å². The summed E-state index contributed by atoms with van der Waals surface area (Å²) in [7, 11) is 0. The molecule has 0 bridgehead atoms. The molecule has 1 saturated heterocycles. The number of benzene rings is 1. The third-order valence-electron chi connectivity index (χ3n) is 1.93. The SMILES string of the molecule is [2H]C1([2H])NC(=O)OC1([2H])C([2H])([2H])Oc1cc(C)cc(C)c1. The predicted octanol–water partition coefficient (Wildman–Crippen LogP) is 1.79. The first-order valence-electron chi connectivity index (χ1n) is 7.25. The molecule has 1 aromatic rings. The van der Waals surface area contributed by atoms with E-state index in [0.717, 1.165) is 11.1 Å². The average molecular weight is 226 g/mol. The first-order valence-corrected chi connectivity index (χ1v) is 4.75. The van der Waals surface area contributed by atoms with E-state index >= 15 is 0 Å². The van der Waals surface area contributed by atoms with Gasteiger partial charge >= 0.3 is 6.09 Å². The Morgan fingerprint density at radius 1 is 1.62 bits per heavy atom. The summed E-state index contributed by atoms with van der Waals surface area (Å²) in [6, 6.07) is 4.96. The Hall–Kier alpha value is -1.71. The highest BCUT2D eigenvalue weighted by Crippen LogP contribution is 2.16. The molecule has 1 aliphatic rings. The molecular formula is C12H15NO3. The second kappa shape index (κ2) is 4.43. The molecule has 0 radical (unpaired) electrons. The van der Waals surface area contributed by atoms with Gasteiger partial charge in [-0.2, -0.15) is 0 Å². The number of aryl methyl sites for hydroxylation is 2. The van der Waals surface area contributed by atoms with Gasteiger partial charge < -0.3 is 14.8 Å². The van der Waals surface area contributed by atoms with Crippen LogP contribution in [0.15, 0.2) is 18.2 Å². The summed E-state index contributed by atoms with van der Waals surface area (Å²) in [4.78, 5) is 11.2. The summed E-state index contributed by atoms with van der Waals surface area (Å²) in [6.45, 7) is -2.03. The molecular weight excluding hydrogens is 206 g/mol. The van der Waals surface area contributed by atoms with Crippen LogP contribution < -0.4 is 10.1 Å². The van der Waals surface area contributed by atoms with Crippen LogP contribution in [0.3, 0.4) is 0 Å². The van der Waals surface area contributed by atoms with Crippen LogP contribution in [0.2, 0.25) is 0 Å². The molecule has 4 heteroatoms. The Bertz CT molecular complexity index is 572. The van der Waals surface area contributed by atoms with Gasteiger partial charge in [-0.05, 0) is 37.1 Å². The summed E-state index contributed by atoms with van der Waals surface area (Å²) < 4.78 is 48.4. The van der Waals surface area contributed by atoms with Gasteiger partial charge in [0.25, 0.3) is 0 Å². The van der Waals surface area contributed by atoms with E-state index in [1.807, 2.05) is 6.07 Å². The molecule has 1 unspecified atom stereocenters. The van der Waals surface area contributed by atoms with Crippen LogP contribution in [0.1, 0.15) is 18.0 Å². The van der Waals surface area contributed by atoms with Gasteiger partial charge in [0.05, 0.1) is 13.4 Å². The summed E-state index contributed by atoms with van der Waals surface area (Å²) in [6.07, 6.45) is -4.07. The molecule has 0 saturated carbocycles. The largest absolute Gasteiger partial charge is 0.490 e. The molecule has 0 spiro atoms. The zero-order chi connectivity index (χ0) is 16.1. The van der Waals surface area contributed by atoms with Crippen LogP contribution in [0.5, 0.6) is 5.75 Å². The topological polar surface area (TPSA) is 47.6 Å². The fraction of sp³-hybridized carbons (Fsp3) is 0.417. The Kier molecular flexibility index (Phi) is 1.70. The normalized spacial score (nSPS) is 32.4. The van der Waals surface area contributed by atoms with Crippen LogP contribution >= 0.6 is 0 Å². The summed E-state index contributed by atoms with van der Waals surface area (Å²) >= 11 is 0. The van der Waals surface area contributed by atoms with Crippen molar-refractivity contribution >= 4 is 6.09 Å². The number of amides is 1. The highest BCUT2D eigenvalue weighted by molar-refractivity contribution is 5.69. The fourth-order valence-corrected chi connectivity index (χ4v) is 1.39. The van der Waals surface area contributed by atoms with Crippen molar-refractivity contribution in [3.8, 4) is 5.75 Å². The second-order valence-electron chi connectivity index (χ2n) is 3.50. The van der Waals surface area contributed by atoms with Crippen molar-refractivity contribution < 1.29 is 21.1 Å². The lowest BCUT2D eigenvalue weighted by atomic mass is 10.1. The molecule has 2 rings (SSSR count). The first-order chi connectivity index (χ1) is 9.47. The molecule has 1 N–H and O–H groups in total. The third kappa shape index (κ3) is 2.66. The summed E-state index contributed by atoms with van der Waals surface area (Å²) in [5.74, 6) is 0.128. The molecule has 1 heterocycles. The number of cyclic esters (lactones) is 1. The number of carbonyl (C=O) groups is 1. The Morgan fingerprint density at radius 3 is 2.88 bits per heavy atom. The van der Waals surface area contributed by atoms with E-state index in [2.05, 4.69) is 4.74 Å². The van der Waals surface area contributed by atoms with E-state index in [4.69, 9.17) is 11.6 Å². The van der Waals surface area contributed by atoms with Crippen LogP contribution in [0.4, 0.5) is 4.79 Å². The number of hydrogen-bond donors (Lipinski definition) is 1. The zero-order valence-electron chi connectivity index (χ0n) is 14.0. The lowest BCUT2D eigenvalue weighted by Crippen LogP contribution is -2.21. The summed E-state index contributed by atoms with van der Waals surface area (Å²) in [5, 5.41) is 1.76. The molecule has 0 aliphatic carbocycles. The van der Waals surface area contributed by atoms with Gasteiger partial charge in [0.15, 0.2) is 6.08 Å². The highest BCUT2D eigenvalue weighted by atomic mass is 16.6. The monoisotopic (exact) mass is 226 g/mol. The number of nitrogens with one attached hydrogen (secondary N) is 1. The van der Waals surface area contributed by atoms with Crippen molar-refractivity contribution in [3.05, 3.63) is 29.3 Å². The van der Waals surface area contributed by atoms with Crippen molar-refractivity contribution in [1.29, 1.82) is 0 Å². The zero-order valence-corrected chi connectivity index (χ0v) is 8.96. The van der Waals surface area contributed by atoms with E-state index in [1.54, 1.807) is 31.3 Å². The maximum Gasteiger partial charge on any atom is 0.407 e. The fourth-order valence-electron chi connectivity index (χ4n) is 1.39. The van der Waals surface area contributed by atoms with Crippen LogP contribution in [-0.4, -0.2) is 25.2 Å². The minimum atomic E-state index is -2.89. The van der Waals surface area contributed by atoms with Gasteiger partial charge in [0, 0.05) is 0 Å². The number of ether oxygens (including phenoxy) is 2. The van der Waals surface area contributed by atoms with E-state index in [1.165, 1.54) is 0 Å². The van der Waals surface area contributed by atoms with Gasteiger partial charge in [-0.15, -0.1) is 0 Å². The number of carbonyl (C=O) groups excluding carboxylic acids is 1. The molecule has 0 aromatic heterocycles. The minimum absolute atomic E-state index is 0.128. The molecule has 86 valence electrons. The van der Waals surface area contributed by atoms with E-state index < -0.39 is 25.2 Å². The average Bonchev–Trinajstić information content (AvgIpc) is 2.45. The number of hydrogen-bond acceptors (Lipinski definition) is 3. The Morgan fingerprint density at radius 2 is 2.31 bits per heavy atom. The van der Waals surface area contributed by atoms with Gasteiger partial charge in [0.1, 0.15) is 12.3 Å². The molecule has 1 fully saturated rings. The maximum atomic E-state index is 11.2. The van der Waals surface area contributed by atoms with Crippen molar-refractivity contribution in [3.63, 3.8) is 0 Å². The van der Waals surface area contributed by atoms with Crippen LogP contribution in [0.25, 0.3) is 0 Å². The lowest BCUT2D eigenvalue weighted by molar-refractivity contribution is 0.105. The molecule has 1 aromatic carbocycles. The van der Waals surface area contributed by atoms with E-state index in [-0.39, 0.29) is 5.75 Å². The number of alkyl carbamates (subject to hydrolysis) is 1. The minimum Gasteiger partial charge on any atom is -0.490 e. The number of rotatable bonds is 3. The van der Waals surface area contributed by atoms with E-state index in [0.29, 0.717) is 0 Å². The second-order valence-corrected chi connectivity index (χ2v) is 3.50. The standard InChI is InChI=1S/C12H15NO3/c1-8-3-9(2)5-10(4-8)15-7-11-6-13-12(14)16-11/h3-5,11H,6-7H2,1-2H3,(H,13,14)/i6D2,7D2,11D. The molecule has 16 heavy (non-hydrogen) atoms. The van der Waals surface area contributed by atoms with Gasteiger partial charge in [0.2, 0.25) is 0 Å². The van der Waals surface area contributed by atoms with Crippen molar-refractivity contribution in [1.82, 2.24) is 5.32 Å². The highest BCUT2D eigenvalue weighted by Gasteiger charge is 2.22. The Balaban J connectivity index is 2.35. The van der Waals surface area contributed by atoms with Crippen molar-refractivity contribution in [2.75, 3.05) is 13.1 Å². The van der Waals surface area contributed by atoms with Crippen molar-refractivity contribution in [2.45, 2.75) is 19.9 Å². The van der Waals surface area contributed by atoms with E-state index in [9.17, 15) is 4.79 Å². The molecule has 1 amide bonds. The van der Waals surface area contributed by atoms with Crippen LogP contribution in [-0.2, 0) is 4.74 Å². The quantitative estimate of drug-likeness (QED) is 0.854.